The number of halogens is 1. The number of carbonyl (C=O) groups excluding carboxylic acids is 2. The highest BCUT2D eigenvalue weighted by Gasteiger charge is 2.43. The van der Waals surface area contributed by atoms with Gasteiger partial charge in [0.25, 0.3) is 0 Å². The fraction of sp³-hybridized carbons (Fsp3) is 0.538. The van der Waals surface area contributed by atoms with E-state index in [0.717, 1.165) is 70.3 Å². The summed E-state index contributed by atoms with van der Waals surface area (Å²) in [5.41, 5.74) is 4.73. The molecular formula is C26H32INO5. The average molecular weight is 565 g/mol. The molecule has 1 heterocycles. The molecule has 0 saturated carbocycles. The number of ketones is 2. The zero-order valence-corrected chi connectivity index (χ0v) is 21.8. The van der Waals surface area contributed by atoms with Crippen LogP contribution < -0.4 is 9.47 Å². The normalized spacial score (nSPS) is 19.1. The molecule has 3 aliphatic rings. The highest BCUT2D eigenvalue weighted by Crippen LogP contribution is 2.50. The van der Waals surface area contributed by atoms with Crippen molar-refractivity contribution in [2.24, 2.45) is 0 Å². The number of hydrogen-bond donors (Lipinski definition) is 0. The van der Waals surface area contributed by atoms with Crippen LogP contribution in [0.25, 0.3) is 0 Å². The van der Waals surface area contributed by atoms with E-state index in [0.29, 0.717) is 37.6 Å². The zero-order valence-electron chi connectivity index (χ0n) is 19.7. The minimum absolute atomic E-state index is 0.158. The molecule has 0 atom stereocenters. The first-order valence-electron chi connectivity index (χ1n) is 11.8. The number of hydrogen-bond acceptors (Lipinski definition) is 6. The molecule has 1 aromatic rings. The van der Waals surface area contributed by atoms with Gasteiger partial charge in [0.2, 0.25) is 0 Å². The predicted molar refractivity (Wildman–Crippen MR) is 135 cm³/mol. The fourth-order valence-corrected chi connectivity index (χ4v) is 6.16. The maximum absolute atomic E-state index is 13.4. The second kappa shape index (κ2) is 10.6. The van der Waals surface area contributed by atoms with Gasteiger partial charge in [0.1, 0.15) is 0 Å². The van der Waals surface area contributed by atoms with Crippen molar-refractivity contribution >= 4 is 34.2 Å². The Balaban J connectivity index is 1.90. The highest BCUT2D eigenvalue weighted by molar-refractivity contribution is 14.1. The van der Waals surface area contributed by atoms with Crippen LogP contribution in [0.4, 0.5) is 0 Å². The monoisotopic (exact) mass is 565 g/mol. The van der Waals surface area contributed by atoms with Crippen molar-refractivity contribution < 1.29 is 23.8 Å². The third-order valence-corrected chi connectivity index (χ3v) is 7.49. The molecule has 0 radical (unpaired) electrons. The van der Waals surface area contributed by atoms with Gasteiger partial charge < -0.3 is 19.1 Å². The van der Waals surface area contributed by atoms with E-state index in [1.54, 1.807) is 14.2 Å². The number of methoxy groups -OCH3 is 2. The van der Waals surface area contributed by atoms with Gasteiger partial charge in [-0.05, 0) is 79.3 Å². The van der Waals surface area contributed by atoms with Gasteiger partial charge in [-0.25, -0.2) is 0 Å². The summed E-state index contributed by atoms with van der Waals surface area (Å²) in [6.07, 6.45) is 5.35. The fourth-order valence-electron chi connectivity index (χ4n) is 5.38. The molecule has 0 N–H and O–H groups in total. The van der Waals surface area contributed by atoms with Gasteiger partial charge in [-0.1, -0.05) is 0 Å². The summed E-state index contributed by atoms with van der Waals surface area (Å²) in [5.74, 6) is 1.32. The number of Topliss-reactive ketones (excluding diaryl/α,β-unsaturated/α-hetero) is 2. The van der Waals surface area contributed by atoms with Crippen LogP contribution in [0.5, 0.6) is 11.5 Å². The Morgan fingerprint density at radius 1 is 1.00 bits per heavy atom. The van der Waals surface area contributed by atoms with Crippen molar-refractivity contribution in [1.82, 2.24) is 4.90 Å². The largest absolute Gasteiger partial charge is 0.493 e. The standard InChI is InChI=1S/C26H32INO5/c1-4-33-26-17(27)14-16(15-22(26)32-3)23-24-18(8-5-10-20(24)29)28(12-7-13-31-2)19-9-6-11-21(30)25(19)23/h14-15,23H,4-13H2,1-3H3. The molecular weight excluding hydrogens is 533 g/mol. The van der Waals surface area contributed by atoms with Gasteiger partial charge in [-0.3, -0.25) is 9.59 Å². The maximum atomic E-state index is 13.4. The number of allylic oxidation sites excluding steroid dienone is 4. The van der Waals surface area contributed by atoms with E-state index in [4.69, 9.17) is 14.2 Å². The number of rotatable bonds is 8. The van der Waals surface area contributed by atoms with Gasteiger partial charge in [-0.2, -0.15) is 0 Å². The second-order valence-corrected chi connectivity index (χ2v) is 9.83. The first kappa shape index (κ1) is 24.3. The van der Waals surface area contributed by atoms with Gasteiger partial charge in [0.05, 0.1) is 17.3 Å². The molecule has 0 aromatic heterocycles. The highest BCUT2D eigenvalue weighted by atomic mass is 127. The van der Waals surface area contributed by atoms with Crippen LogP contribution in [0.1, 0.15) is 63.4 Å². The summed E-state index contributed by atoms with van der Waals surface area (Å²) in [6, 6.07) is 4.01. The minimum Gasteiger partial charge on any atom is -0.493 e. The Kier molecular flexibility index (Phi) is 7.79. The van der Waals surface area contributed by atoms with E-state index < -0.39 is 0 Å². The van der Waals surface area contributed by atoms with Gasteiger partial charge in [0.15, 0.2) is 23.1 Å². The van der Waals surface area contributed by atoms with Gasteiger partial charge in [0, 0.05) is 61.6 Å². The summed E-state index contributed by atoms with van der Waals surface area (Å²) in [4.78, 5) is 29.0. The first-order valence-corrected chi connectivity index (χ1v) is 12.9. The Hall–Kier alpha value is -1.87. The van der Waals surface area contributed by atoms with E-state index in [-0.39, 0.29) is 17.5 Å². The SMILES string of the molecule is CCOc1c(I)cc(C2C3=C(CCCC3=O)N(CCCOC)C3=C2C(=O)CCC3)cc1OC. The summed E-state index contributed by atoms with van der Waals surface area (Å²) >= 11 is 2.26. The van der Waals surface area contributed by atoms with E-state index in [2.05, 4.69) is 33.6 Å². The molecule has 0 bridgehead atoms. The molecule has 4 rings (SSSR count). The van der Waals surface area contributed by atoms with E-state index in [9.17, 15) is 9.59 Å². The number of nitrogens with zero attached hydrogens (tertiary/aromatic N) is 1. The molecule has 0 unspecified atom stereocenters. The van der Waals surface area contributed by atoms with Crippen LogP contribution >= 0.6 is 22.6 Å². The molecule has 0 fully saturated rings. The predicted octanol–water partition coefficient (Wildman–Crippen LogP) is 5.15. The Bertz CT molecular complexity index is 968. The zero-order chi connectivity index (χ0) is 23.5. The van der Waals surface area contributed by atoms with Crippen molar-refractivity contribution in [1.29, 1.82) is 0 Å². The molecule has 178 valence electrons. The summed E-state index contributed by atoms with van der Waals surface area (Å²) in [6.45, 7) is 3.90. The molecule has 1 aliphatic heterocycles. The van der Waals surface area contributed by atoms with Crippen molar-refractivity contribution in [3.63, 3.8) is 0 Å². The lowest BCUT2D eigenvalue weighted by atomic mass is 9.71. The number of ether oxygens (including phenoxy) is 3. The van der Waals surface area contributed by atoms with E-state index >= 15 is 0 Å². The lowest BCUT2D eigenvalue weighted by Crippen LogP contribution is -2.39. The molecule has 2 aliphatic carbocycles. The lowest BCUT2D eigenvalue weighted by molar-refractivity contribution is -0.117. The summed E-state index contributed by atoms with van der Waals surface area (Å²) in [5, 5.41) is 0. The maximum Gasteiger partial charge on any atom is 0.174 e. The van der Waals surface area contributed by atoms with Crippen LogP contribution in [0, 0.1) is 3.57 Å². The van der Waals surface area contributed by atoms with E-state index in [1.807, 2.05) is 13.0 Å². The van der Waals surface area contributed by atoms with Crippen LogP contribution in [0.2, 0.25) is 0 Å². The van der Waals surface area contributed by atoms with Gasteiger partial charge >= 0.3 is 0 Å². The third kappa shape index (κ3) is 4.58. The molecule has 0 saturated heterocycles. The van der Waals surface area contributed by atoms with Crippen LogP contribution in [0.3, 0.4) is 0 Å². The lowest BCUT2D eigenvalue weighted by Gasteiger charge is -2.44. The molecule has 0 amide bonds. The van der Waals surface area contributed by atoms with Crippen LogP contribution in [-0.2, 0) is 14.3 Å². The minimum atomic E-state index is -0.340. The summed E-state index contributed by atoms with van der Waals surface area (Å²) < 4.78 is 17.7. The van der Waals surface area contributed by atoms with Crippen molar-refractivity contribution in [2.75, 3.05) is 34.0 Å². The van der Waals surface area contributed by atoms with E-state index in [1.165, 1.54) is 0 Å². The number of benzene rings is 1. The van der Waals surface area contributed by atoms with Crippen molar-refractivity contribution in [2.45, 2.75) is 57.8 Å². The van der Waals surface area contributed by atoms with Crippen molar-refractivity contribution in [3.8, 4) is 11.5 Å². The quantitative estimate of drug-likeness (QED) is 0.321. The average Bonchev–Trinajstić information content (AvgIpc) is 2.81. The molecule has 7 heteroatoms. The molecule has 6 nitrogen and oxygen atoms in total. The smallest absolute Gasteiger partial charge is 0.174 e. The first-order chi connectivity index (χ1) is 16.0. The third-order valence-electron chi connectivity index (χ3n) is 6.69. The van der Waals surface area contributed by atoms with Crippen molar-refractivity contribution in [3.05, 3.63) is 43.8 Å². The second-order valence-electron chi connectivity index (χ2n) is 8.67. The van der Waals surface area contributed by atoms with Crippen LogP contribution in [-0.4, -0.2) is 50.4 Å². The Labute approximate surface area is 209 Å². The summed E-state index contributed by atoms with van der Waals surface area (Å²) in [7, 11) is 3.33. The molecule has 1 aromatic carbocycles. The molecule has 33 heavy (non-hydrogen) atoms. The van der Waals surface area contributed by atoms with Gasteiger partial charge in [-0.15, -0.1) is 0 Å². The Morgan fingerprint density at radius 2 is 1.64 bits per heavy atom. The topological polar surface area (TPSA) is 65.1 Å². The Morgan fingerprint density at radius 3 is 2.18 bits per heavy atom. The molecule has 0 spiro atoms. The van der Waals surface area contributed by atoms with Crippen LogP contribution in [0.15, 0.2) is 34.7 Å². The number of carbonyl (C=O) groups is 2.